The van der Waals surface area contributed by atoms with Crippen LogP contribution in [0.15, 0.2) is 11.8 Å². The van der Waals surface area contributed by atoms with E-state index in [2.05, 4.69) is 4.74 Å². The van der Waals surface area contributed by atoms with E-state index in [1.54, 1.807) is 13.8 Å². The van der Waals surface area contributed by atoms with E-state index in [0.29, 0.717) is 6.61 Å². The molecule has 0 aromatic rings. The highest BCUT2D eigenvalue weighted by atomic mass is 16.5. The smallest absolute Gasteiger partial charge is 0.195 e. The number of ketones is 2. The summed E-state index contributed by atoms with van der Waals surface area (Å²) < 4.78 is 9.59. The van der Waals surface area contributed by atoms with Crippen molar-refractivity contribution in [1.29, 1.82) is 0 Å². The van der Waals surface area contributed by atoms with E-state index in [1.165, 1.54) is 13.4 Å². The summed E-state index contributed by atoms with van der Waals surface area (Å²) in [5.74, 6) is -0.562. The van der Waals surface area contributed by atoms with Crippen LogP contribution in [0.2, 0.25) is 0 Å². The maximum Gasteiger partial charge on any atom is 0.195 e. The maximum atomic E-state index is 11.4. The first-order valence-corrected chi connectivity index (χ1v) is 4.54. The second-order valence-corrected chi connectivity index (χ2v) is 2.62. The van der Waals surface area contributed by atoms with Crippen LogP contribution in [0.25, 0.3) is 0 Å². The van der Waals surface area contributed by atoms with E-state index in [4.69, 9.17) is 4.74 Å². The molecule has 0 unspecified atom stereocenters. The molecule has 0 rings (SSSR count). The largest absolute Gasteiger partial charge is 0.501 e. The fourth-order valence-electron chi connectivity index (χ4n) is 0.853. The Morgan fingerprint density at radius 2 is 1.86 bits per heavy atom. The minimum Gasteiger partial charge on any atom is -0.501 e. The predicted octanol–water partition coefficient (Wildman–Crippen LogP) is 1.10. The van der Waals surface area contributed by atoms with E-state index in [1.807, 2.05) is 0 Å². The third-order valence-corrected chi connectivity index (χ3v) is 1.57. The first-order chi connectivity index (χ1) is 6.67. The van der Waals surface area contributed by atoms with Crippen molar-refractivity contribution in [2.75, 3.05) is 20.3 Å². The zero-order valence-electron chi connectivity index (χ0n) is 8.83. The molecule has 0 N–H and O–H groups in total. The molecule has 0 aliphatic carbocycles. The molecule has 0 spiro atoms. The van der Waals surface area contributed by atoms with Crippen LogP contribution in [0, 0.1) is 0 Å². The lowest BCUT2D eigenvalue weighted by atomic mass is 10.1. The van der Waals surface area contributed by atoms with Gasteiger partial charge in [0.25, 0.3) is 0 Å². The number of carbonyl (C=O) groups excluding carboxylic acids is 2. The van der Waals surface area contributed by atoms with Crippen molar-refractivity contribution in [2.24, 2.45) is 0 Å². The third-order valence-electron chi connectivity index (χ3n) is 1.57. The number of hydrogen-bond donors (Lipinski definition) is 0. The highest BCUT2D eigenvalue weighted by molar-refractivity contribution is 6.20. The third kappa shape index (κ3) is 4.18. The van der Waals surface area contributed by atoms with Crippen molar-refractivity contribution in [2.45, 2.75) is 20.3 Å². The Morgan fingerprint density at radius 1 is 1.21 bits per heavy atom. The molecule has 0 bridgehead atoms. The van der Waals surface area contributed by atoms with E-state index >= 15 is 0 Å². The molecule has 14 heavy (non-hydrogen) atoms. The normalized spacial score (nSPS) is 11.2. The molecule has 0 heterocycles. The lowest BCUT2D eigenvalue weighted by molar-refractivity contribution is -0.123. The van der Waals surface area contributed by atoms with Crippen LogP contribution < -0.4 is 0 Å². The van der Waals surface area contributed by atoms with Gasteiger partial charge in [0, 0.05) is 13.5 Å². The average Bonchev–Trinajstić information content (AvgIpc) is 2.18. The molecule has 0 radical (unpaired) electrons. The first-order valence-electron chi connectivity index (χ1n) is 4.54. The van der Waals surface area contributed by atoms with Crippen LogP contribution in [-0.4, -0.2) is 31.9 Å². The van der Waals surface area contributed by atoms with Crippen LogP contribution in [0.1, 0.15) is 20.3 Å². The summed E-state index contributed by atoms with van der Waals surface area (Å²) in [5, 5.41) is 0. The van der Waals surface area contributed by atoms with Crippen molar-refractivity contribution in [3.63, 3.8) is 0 Å². The summed E-state index contributed by atoms with van der Waals surface area (Å²) in [5.41, 5.74) is 0.0798. The molecule has 0 aliphatic rings. The molecular formula is C10H16O4. The second-order valence-electron chi connectivity index (χ2n) is 2.62. The Labute approximate surface area is 83.9 Å². The summed E-state index contributed by atoms with van der Waals surface area (Å²) in [7, 11) is 1.41. The fourth-order valence-corrected chi connectivity index (χ4v) is 0.853. The van der Waals surface area contributed by atoms with Crippen LogP contribution in [0.5, 0.6) is 0 Å². The van der Waals surface area contributed by atoms with Crippen LogP contribution in [-0.2, 0) is 19.1 Å². The summed E-state index contributed by atoms with van der Waals surface area (Å²) in [6.07, 6.45) is 1.50. The van der Waals surface area contributed by atoms with Crippen LogP contribution in [0.3, 0.4) is 0 Å². The number of ether oxygens (including phenoxy) is 2. The van der Waals surface area contributed by atoms with Crippen molar-refractivity contribution < 1.29 is 19.1 Å². The zero-order valence-corrected chi connectivity index (χ0v) is 8.83. The first kappa shape index (κ1) is 12.8. The molecular weight excluding hydrogens is 184 g/mol. The number of Topliss-reactive ketones (excluding diaryl/α,β-unsaturated/α-hetero) is 2. The lowest BCUT2D eigenvalue weighted by Crippen LogP contribution is -2.17. The molecule has 4 heteroatoms. The predicted molar refractivity (Wildman–Crippen MR) is 51.9 cm³/mol. The molecule has 0 aromatic heterocycles. The topological polar surface area (TPSA) is 52.6 Å². The highest BCUT2D eigenvalue weighted by Crippen LogP contribution is 2.03. The van der Waals surface area contributed by atoms with Gasteiger partial charge in [0.15, 0.2) is 11.6 Å². The van der Waals surface area contributed by atoms with Gasteiger partial charge in [-0.25, -0.2) is 0 Å². The zero-order chi connectivity index (χ0) is 11.0. The van der Waals surface area contributed by atoms with Crippen LogP contribution >= 0.6 is 0 Å². The Bertz CT molecular complexity index is 230. The standard InChI is InChI=1S/C10H16O4/c1-4-9(11)8(6-14-5-2)10(12)7-13-3/h6H,4-5,7H2,1-3H3/b8-6+. The maximum absolute atomic E-state index is 11.4. The summed E-state index contributed by atoms with van der Waals surface area (Å²) in [4.78, 5) is 22.7. The fraction of sp³-hybridized carbons (Fsp3) is 0.600. The van der Waals surface area contributed by atoms with E-state index in [-0.39, 0.29) is 30.2 Å². The van der Waals surface area contributed by atoms with E-state index in [9.17, 15) is 9.59 Å². The van der Waals surface area contributed by atoms with Gasteiger partial charge >= 0.3 is 0 Å². The van der Waals surface area contributed by atoms with Gasteiger partial charge in [0.2, 0.25) is 0 Å². The van der Waals surface area contributed by atoms with E-state index < -0.39 is 0 Å². The number of carbonyl (C=O) groups is 2. The Hall–Kier alpha value is -1.16. The molecule has 80 valence electrons. The van der Waals surface area contributed by atoms with Crippen molar-refractivity contribution in [3.05, 3.63) is 11.8 Å². The van der Waals surface area contributed by atoms with Gasteiger partial charge in [-0.05, 0) is 6.92 Å². The van der Waals surface area contributed by atoms with Crippen LogP contribution in [0.4, 0.5) is 0 Å². The number of hydrogen-bond acceptors (Lipinski definition) is 4. The average molecular weight is 200 g/mol. The monoisotopic (exact) mass is 200 g/mol. The van der Waals surface area contributed by atoms with Gasteiger partial charge in [-0.2, -0.15) is 0 Å². The molecule has 0 atom stereocenters. The summed E-state index contributed by atoms with van der Waals surface area (Å²) >= 11 is 0. The van der Waals surface area contributed by atoms with Gasteiger partial charge in [0.05, 0.1) is 18.4 Å². The molecule has 0 saturated carbocycles. The minimum atomic E-state index is -0.340. The highest BCUT2D eigenvalue weighted by Gasteiger charge is 2.16. The van der Waals surface area contributed by atoms with Gasteiger partial charge in [0.1, 0.15) is 6.61 Å². The minimum absolute atomic E-state index is 0.0798. The van der Waals surface area contributed by atoms with Crippen molar-refractivity contribution >= 4 is 11.6 Å². The number of rotatable bonds is 7. The summed E-state index contributed by atoms with van der Waals surface area (Å²) in [6.45, 7) is 3.82. The Morgan fingerprint density at radius 3 is 2.29 bits per heavy atom. The number of methoxy groups -OCH3 is 1. The molecule has 4 nitrogen and oxygen atoms in total. The lowest BCUT2D eigenvalue weighted by Gasteiger charge is -2.03. The molecule has 0 fully saturated rings. The molecule has 0 amide bonds. The quantitative estimate of drug-likeness (QED) is 0.267. The van der Waals surface area contributed by atoms with Gasteiger partial charge in [-0.1, -0.05) is 6.92 Å². The van der Waals surface area contributed by atoms with E-state index in [0.717, 1.165) is 0 Å². The Balaban J connectivity index is 4.54. The van der Waals surface area contributed by atoms with Crippen molar-refractivity contribution in [3.8, 4) is 0 Å². The van der Waals surface area contributed by atoms with Gasteiger partial charge in [-0.15, -0.1) is 0 Å². The summed E-state index contributed by atoms with van der Waals surface area (Å²) in [6, 6.07) is 0. The second kappa shape index (κ2) is 7.26. The Kier molecular flexibility index (Phi) is 6.66. The van der Waals surface area contributed by atoms with Gasteiger partial charge < -0.3 is 9.47 Å². The SMILES string of the molecule is CCO/C=C(\C(=O)CC)C(=O)COC. The molecule has 0 saturated heterocycles. The molecule has 0 aliphatic heterocycles. The van der Waals surface area contributed by atoms with Crippen molar-refractivity contribution in [1.82, 2.24) is 0 Å². The molecule has 0 aromatic carbocycles. The van der Waals surface area contributed by atoms with Gasteiger partial charge in [-0.3, -0.25) is 9.59 Å².